The molecule has 0 bridgehead atoms. The smallest absolute Gasteiger partial charge is 0.354 e. The van der Waals surface area contributed by atoms with Crippen molar-refractivity contribution in [1.29, 1.82) is 0 Å². The maximum atomic E-state index is 12.1. The molecule has 3 aromatic rings. The second kappa shape index (κ2) is 5.04. The van der Waals surface area contributed by atoms with Gasteiger partial charge in [-0.3, -0.25) is 4.79 Å². The van der Waals surface area contributed by atoms with Crippen molar-refractivity contribution in [2.45, 2.75) is 0 Å². The zero-order valence-electron chi connectivity index (χ0n) is 10.7. The van der Waals surface area contributed by atoms with Crippen LogP contribution in [0.3, 0.4) is 0 Å². The molecule has 21 heavy (non-hydrogen) atoms. The molecule has 0 saturated carbocycles. The number of nitrogens with one attached hydrogen (secondary N) is 2. The summed E-state index contributed by atoms with van der Waals surface area (Å²) in [6, 6.07) is 7.89. The topological polar surface area (TPSA) is 108 Å². The van der Waals surface area contributed by atoms with Crippen LogP contribution in [0, 0.1) is 0 Å². The summed E-state index contributed by atoms with van der Waals surface area (Å²) in [5, 5.41) is 11.5. The van der Waals surface area contributed by atoms with Gasteiger partial charge in [0.25, 0.3) is 5.91 Å². The lowest BCUT2D eigenvalue weighted by molar-refractivity contribution is 0.0690. The fourth-order valence-electron chi connectivity index (χ4n) is 1.91. The first-order chi connectivity index (χ1) is 10.1. The fraction of sp³-hybridized carbons (Fsp3) is 0. The molecule has 0 radical (unpaired) electrons. The van der Waals surface area contributed by atoms with E-state index in [2.05, 4.69) is 20.3 Å². The largest absolute Gasteiger partial charge is 0.477 e. The molecule has 7 heteroatoms. The molecule has 3 rings (SSSR count). The minimum absolute atomic E-state index is 0.128. The van der Waals surface area contributed by atoms with Crippen molar-refractivity contribution in [2.24, 2.45) is 0 Å². The number of fused-ring (bicyclic) bond motifs is 1. The molecule has 7 nitrogen and oxygen atoms in total. The van der Waals surface area contributed by atoms with Crippen LogP contribution < -0.4 is 5.32 Å². The lowest BCUT2D eigenvalue weighted by Crippen LogP contribution is -2.12. The average Bonchev–Trinajstić information content (AvgIpc) is 2.94. The second-order valence-electron chi connectivity index (χ2n) is 4.32. The SMILES string of the molecule is O=C(Nc1ccnc(C(=O)O)c1)c1ccc2nc[nH]c2c1. The van der Waals surface area contributed by atoms with E-state index in [0.29, 0.717) is 11.3 Å². The third-order valence-electron chi connectivity index (χ3n) is 2.92. The van der Waals surface area contributed by atoms with E-state index in [1.165, 1.54) is 18.3 Å². The van der Waals surface area contributed by atoms with E-state index in [-0.39, 0.29) is 11.6 Å². The van der Waals surface area contributed by atoms with Gasteiger partial charge < -0.3 is 15.4 Å². The van der Waals surface area contributed by atoms with Gasteiger partial charge in [-0.05, 0) is 30.3 Å². The molecule has 0 saturated heterocycles. The molecular weight excluding hydrogens is 272 g/mol. The normalized spacial score (nSPS) is 10.5. The third kappa shape index (κ3) is 2.57. The number of imidazole rings is 1. The van der Waals surface area contributed by atoms with Gasteiger partial charge in [0.05, 0.1) is 17.4 Å². The van der Waals surface area contributed by atoms with E-state index in [4.69, 9.17) is 5.11 Å². The number of benzene rings is 1. The van der Waals surface area contributed by atoms with Crippen molar-refractivity contribution < 1.29 is 14.7 Å². The summed E-state index contributed by atoms with van der Waals surface area (Å²) >= 11 is 0. The van der Waals surface area contributed by atoms with Crippen molar-refractivity contribution >= 4 is 28.6 Å². The van der Waals surface area contributed by atoms with Crippen LogP contribution in [0.25, 0.3) is 11.0 Å². The first-order valence-electron chi connectivity index (χ1n) is 6.07. The van der Waals surface area contributed by atoms with Crippen LogP contribution in [0.4, 0.5) is 5.69 Å². The second-order valence-corrected chi connectivity index (χ2v) is 4.32. The number of anilines is 1. The van der Waals surface area contributed by atoms with E-state index in [1.54, 1.807) is 24.5 Å². The first kappa shape index (κ1) is 12.8. The Hall–Kier alpha value is -3.22. The maximum absolute atomic E-state index is 12.1. The fourth-order valence-corrected chi connectivity index (χ4v) is 1.91. The monoisotopic (exact) mass is 282 g/mol. The molecule has 0 fully saturated rings. The standard InChI is InChI=1S/C14H10N4O3/c19-13(8-1-2-10-11(5-8)17-7-16-10)18-9-3-4-15-12(6-9)14(20)21/h1-7H,(H,16,17)(H,20,21)(H,15,18,19). The van der Waals surface area contributed by atoms with Crippen molar-refractivity contribution in [2.75, 3.05) is 5.32 Å². The number of carbonyl (C=O) groups is 2. The van der Waals surface area contributed by atoms with Gasteiger partial charge in [0, 0.05) is 17.4 Å². The minimum atomic E-state index is -1.15. The first-order valence-corrected chi connectivity index (χ1v) is 6.07. The highest BCUT2D eigenvalue weighted by Crippen LogP contribution is 2.14. The molecule has 2 heterocycles. The molecule has 0 aliphatic rings. The molecule has 1 aromatic carbocycles. The van der Waals surface area contributed by atoms with Gasteiger partial charge in [-0.1, -0.05) is 0 Å². The number of H-pyrrole nitrogens is 1. The van der Waals surface area contributed by atoms with Gasteiger partial charge >= 0.3 is 5.97 Å². The molecule has 0 atom stereocenters. The van der Waals surface area contributed by atoms with E-state index in [1.807, 2.05) is 0 Å². The number of carboxylic acids is 1. The van der Waals surface area contributed by atoms with Gasteiger partial charge in [0.2, 0.25) is 0 Å². The van der Waals surface area contributed by atoms with Gasteiger partial charge in [-0.15, -0.1) is 0 Å². The van der Waals surface area contributed by atoms with Crippen LogP contribution >= 0.6 is 0 Å². The number of nitrogens with zero attached hydrogens (tertiary/aromatic N) is 2. The summed E-state index contributed by atoms with van der Waals surface area (Å²) in [7, 11) is 0. The third-order valence-corrected chi connectivity index (χ3v) is 2.92. The molecule has 104 valence electrons. The molecular formula is C14H10N4O3. The maximum Gasteiger partial charge on any atom is 0.354 e. The summed E-state index contributed by atoms with van der Waals surface area (Å²) in [5.41, 5.74) is 2.21. The summed E-state index contributed by atoms with van der Waals surface area (Å²) in [6.45, 7) is 0. The molecule has 0 aliphatic heterocycles. The number of carboxylic acid groups (broad SMARTS) is 1. The van der Waals surface area contributed by atoms with Crippen LogP contribution in [-0.4, -0.2) is 31.9 Å². The van der Waals surface area contributed by atoms with Crippen molar-refractivity contribution in [3.8, 4) is 0 Å². The highest BCUT2D eigenvalue weighted by atomic mass is 16.4. The summed E-state index contributed by atoms with van der Waals surface area (Å²) in [6.07, 6.45) is 2.88. The van der Waals surface area contributed by atoms with Gasteiger partial charge in [0.15, 0.2) is 0 Å². The lowest BCUT2D eigenvalue weighted by atomic mass is 10.2. The Morgan fingerprint density at radius 3 is 2.81 bits per heavy atom. The Bertz CT molecular complexity index is 841. The number of aromatic amines is 1. The molecule has 0 unspecified atom stereocenters. The van der Waals surface area contributed by atoms with Crippen molar-refractivity contribution in [1.82, 2.24) is 15.0 Å². The highest BCUT2D eigenvalue weighted by Gasteiger charge is 2.10. The molecule has 2 aromatic heterocycles. The summed E-state index contributed by atoms with van der Waals surface area (Å²) in [4.78, 5) is 33.7. The Morgan fingerprint density at radius 1 is 1.14 bits per heavy atom. The number of aromatic nitrogens is 3. The lowest BCUT2D eigenvalue weighted by Gasteiger charge is -2.05. The Kier molecular flexibility index (Phi) is 3.07. The number of hydrogen-bond acceptors (Lipinski definition) is 4. The van der Waals surface area contributed by atoms with Gasteiger partial charge in [-0.25, -0.2) is 14.8 Å². The number of pyridine rings is 1. The predicted molar refractivity (Wildman–Crippen MR) is 75.2 cm³/mol. The number of aromatic carboxylic acids is 1. The Morgan fingerprint density at radius 2 is 2.00 bits per heavy atom. The average molecular weight is 282 g/mol. The van der Waals surface area contributed by atoms with Gasteiger partial charge in [-0.2, -0.15) is 0 Å². The number of hydrogen-bond donors (Lipinski definition) is 3. The zero-order chi connectivity index (χ0) is 14.8. The van der Waals surface area contributed by atoms with Crippen molar-refractivity contribution in [3.63, 3.8) is 0 Å². The van der Waals surface area contributed by atoms with E-state index >= 15 is 0 Å². The van der Waals surface area contributed by atoms with Gasteiger partial charge in [0.1, 0.15) is 5.69 Å². The van der Waals surface area contributed by atoms with Crippen LogP contribution in [0.5, 0.6) is 0 Å². The van der Waals surface area contributed by atoms with Crippen molar-refractivity contribution in [3.05, 3.63) is 54.1 Å². The Balaban J connectivity index is 1.85. The van der Waals surface area contributed by atoms with Crippen LogP contribution in [0.1, 0.15) is 20.8 Å². The van der Waals surface area contributed by atoms with E-state index in [0.717, 1.165) is 11.0 Å². The molecule has 0 aliphatic carbocycles. The molecule has 3 N–H and O–H groups in total. The number of carbonyl (C=O) groups excluding carboxylic acids is 1. The molecule has 0 spiro atoms. The van der Waals surface area contributed by atoms with Crippen LogP contribution in [0.15, 0.2) is 42.9 Å². The zero-order valence-corrected chi connectivity index (χ0v) is 10.7. The predicted octanol–water partition coefficient (Wildman–Crippen LogP) is 1.91. The Labute approximate surface area is 118 Å². The quantitative estimate of drug-likeness (QED) is 0.680. The molecule has 1 amide bonds. The van der Waals surface area contributed by atoms with E-state index in [9.17, 15) is 9.59 Å². The number of amides is 1. The highest BCUT2D eigenvalue weighted by molar-refractivity contribution is 6.06. The minimum Gasteiger partial charge on any atom is -0.477 e. The van der Waals surface area contributed by atoms with Crippen LogP contribution in [0.2, 0.25) is 0 Å². The summed E-state index contributed by atoms with van der Waals surface area (Å²) in [5.74, 6) is -1.49. The number of rotatable bonds is 3. The van der Waals surface area contributed by atoms with E-state index < -0.39 is 5.97 Å². The van der Waals surface area contributed by atoms with Crippen LogP contribution in [-0.2, 0) is 0 Å². The summed E-state index contributed by atoms with van der Waals surface area (Å²) < 4.78 is 0.